The summed E-state index contributed by atoms with van der Waals surface area (Å²) in [5.41, 5.74) is 0. The number of hydrogen-bond donors (Lipinski definition) is 1. The minimum absolute atomic E-state index is 0.00785. The highest BCUT2D eigenvalue weighted by molar-refractivity contribution is 5.69. The van der Waals surface area contributed by atoms with Crippen molar-refractivity contribution in [3.8, 4) is 0 Å². The Bertz CT molecular complexity index is 237. The molecule has 1 N–H and O–H groups in total. The Morgan fingerprint density at radius 2 is 2.05 bits per heavy atom. The van der Waals surface area contributed by atoms with Gasteiger partial charge in [0.15, 0.2) is 0 Å². The second kappa shape index (κ2) is 10.2. The highest BCUT2D eigenvalue weighted by Crippen LogP contribution is 2.18. The van der Waals surface area contributed by atoms with Gasteiger partial charge in [-0.2, -0.15) is 0 Å². The Hall–Kier alpha value is -0.570. The van der Waals surface area contributed by atoms with Gasteiger partial charge in [-0.1, -0.05) is 33.1 Å². The first-order valence-corrected chi connectivity index (χ1v) is 8.12. The van der Waals surface area contributed by atoms with Crippen LogP contribution in [0.2, 0.25) is 0 Å². The van der Waals surface area contributed by atoms with Crippen LogP contribution < -0.4 is 5.32 Å². The fraction of sp³-hybridized carbons (Fsp3) is 0.938. The SMILES string of the molecule is CCCCC(CC)COC(=O)CCC1CCNCC1. The molecule has 1 saturated heterocycles. The Kier molecular flexibility index (Phi) is 8.89. The first-order chi connectivity index (χ1) is 9.26. The molecular weight excluding hydrogens is 238 g/mol. The molecule has 0 aromatic rings. The molecule has 1 rings (SSSR count). The van der Waals surface area contributed by atoms with Crippen LogP contribution in [0.1, 0.15) is 65.2 Å². The maximum atomic E-state index is 11.7. The largest absolute Gasteiger partial charge is 0.465 e. The predicted molar refractivity (Wildman–Crippen MR) is 79.1 cm³/mol. The number of piperidine rings is 1. The van der Waals surface area contributed by atoms with E-state index in [1.165, 1.54) is 32.1 Å². The van der Waals surface area contributed by atoms with Crippen molar-refractivity contribution in [2.24, 2.45) is 11.8 Å². The highest BCUT2D eigenvalue weighted by atomic mass is 16.5. The van der Waals surface area contributed by atoms with E-state index in [4.69, 9.17) is 4.74 Å². The van der Waals surface area contributed by atoms with Crippen LogP contribution in [-0.2, 0) is 9.53 Å². The van der Waals surface area contributed by atoms with Crippen molar-refractivity contribution in [2.45, 2.75) is 65.2 Å². The molecule has 19 heavy (non-hydrogen) atoms. The van der Waals surface area contributed by atoms with Crippen molar-refractivity contribution in [1.29, 1.82) is 0 Å². The topological polar surface area (TPSA) is 38.3 Å². The fourth-order valence-corrected chi connectivity index (χ4v) is 2.67. The van der Waals surface area contributed by atoms with E-state index in [1.54, 1.807) is 0 Å². The lowest BCUT2D eigenvalue weighted by Gasteiger charge is -2.22. The molecule has 0 radical (unpaired) electrons. The highest BCUT2D eigenvalue weighted by Gasteiger charge is 2.15. The smallest absolute Gasteiger partial charge is 0.305 e. The van der Waals surface area contributed by atoms with Crippen molar-refractivity contribution in [2.75, 3.05) is 19.7 Å². The molecule has 1 heterocycles. The maximum absolute atomic E-state index is 11.7. The van der Waals surface area contributed by atoms with E-state index in [-0.39, 0.29) is 5.97 Å². The van der Waals surface area contributed by atoms with Crippen LogP contribution in [0.5, 0.6) is 0 Å². The van der Waals surface area contributed by atoms with Crippen molar-refractivity contribution in [3.63, 3.8) is 0 Å². The van der Waals surface area contributed by atoms with Crippen LogP contribution >= 0.6 is 0 Å². The quantitative estimate of drug-likeness (QED) is 0.651. The molecule has 0 spiro atoms. The maximum Gasteiger partial charge on any atom is 0.305 e. The van der Waals surface area contributed by atoms with Gasteiger partial charge in [-0.3, -0.25) is 4.79 Å². The molecule has 1 atom stereocenters. The molecule has 1 aliphatic heterocycles. The molecule has 0 aromatic carbocycles. The van der Waals surface area contributed by atoms with E-state index in [0.29, 0.717) is 18.9 Å². The van der Waals surface area contributed by atoms with E-state index >= 15 is 0 Å². The van der Waals surface area contributed by atoms with Gasteiger partial charge in [0.05, 0.1) is 6.61 Å². The standard InChI is InChI=1S/C16H31NO2/c1-3-5-6-14(4-2)13-19-16(18)8-7-15-9-11-17-12-10-15/h14-15,17H,3-13H2,1-2H3. The summed E-state index contributed by atoms with van der Waals surface area (Å²) in [5.74, 6) is 1.28. The average molecular weight is 269 g/mol. The van der Waals surface area contributed by atoms with E-state index in [0.717, 1.165) is 31.8 Å². The van der Waals surface area contributed by atoms with Gasteiger partial charge in [0.25, 0.3) is 0 Å². The third kappa shape index (κ3) is 7.56. The van der Waals surface area contributed by atoms with Crippen LogP contribution in [0.3, 0.4) is 0 Å². The minimum atomic E-state index is 0.00785. The molecular formula is C16H31NO2. The van der Waals surface area contributed by atoms with E-state index in [1.807, 2.05) is 0 Å². The molecule has 0 bridgehead atoms. The van der Waals surface area contributed by atoms with E-state index in [9.17, 15) is 4.79 Å². The molecule has 1 fully saturated rings. The predicted octanol–water partition coefficient (Wildman–Crippen LogP) is 3.53. The lowest BCUT2D eigenvalue weighted by Crippen LogP contribution is -2.28. The number of unbranched alkanes of at least 4 members (excludes halogenated alkanes) is 1. The van der Waals surface area contributed by atoms with Gasteiger partial charge in [-0.05, 0) is 50.6 Å². The zero-order valence-electron chi connectivity index (χ0n) is 12.7. The first kappa shape index (κ1) is 16.5. The Labute approximate surface area is 118 Å². The number of carbonyl (C=O) groups excluding carboxylic acids is 1. The van der Waals surface area contributed by atoms with Crippen molar-refractivity contribution in [3.05, 3.63) is 0 Å². The second-order valence-corrected chi connectivity index (χ2v) is 5.83. The van der Waals surface area contributed by atoms with E-state index < -0.39 is 0 Å². The summed E-state index contributed by atoms with van der Waals surface area (Å²) in [6, 6.07) is 0. The summed E-state index contributed by atoms with van der Waals surface area (Å²) in [4.78, 5) is 11.7. The molecule has 0 saturated carbocycles. The monoisotopic (exact) mass is 269 g/mol. The van der Waals surface area contributed by atoms with Gasteiger partial charge in [0, 0.05) is 6.42 Å². The van der Waals surface area contributed by atoms with Crippen molar-refractivity contribution < 1.29 is 9.53 Å². The molecule has 1 unspecified atom stereocenters. The molecule has 0 aromatic heterocycles. The first-order valence-electron chi connectivity index (χ1n) is 8.12. The second-order valence-electron chi connectivity index (χ2n) is 5.83. The van der Waals surface area contributed by atoms with Gasteiger partial charge in [0.2, 0.25) is 0 Å². The third-order valence-corrected chi connectivity index (χ3v) is 4.24. The molecule has 1 aliphatic rings. The zero-order chi connectivity index (χ0) is 13.9. The van der Waals surface area contributed by atoms with Crippen LogP contribution in [0.15, 0.2) is 0 Å². The fourth-order valence-electron chi connectivity index (χ4n) is 2.67. The van der Waals surface area contributed by atoms with Gasteiger partial charge >= 0.3 is 5.97 Å². The van der Waals surface area contributed by atoms with Gasteiger partial charge in [-0.25, -0.2) is 0 Å². The zero-order valence-corrected chi connectivity index (χ0v) is 12.7. The van der Waals surface area contributed by atoms with Crippen molar-refractivity contribution in [1.82, 2.24) is 5.32 Å². The number of hydrogen-bond acceptors (Lipinski definition) is 3. The summed E-state index contributed by atoms with van der Waals surface area (Å²) in [7, 11) is 0. The Morgan fingerprint density at radius 1 is 1.32 bits per heavy atom. The molecule has 112 valence electrons. The van der Waals surface area contributed by atoms with Gasteiger partial charge in [0.1, 0.15) is 0 Å². The summed E-state index contributed by atoms with van der Waals surface area (Å²) in [6.07, 6.45) is 8.80. The third-order valence-electron chi connectivity index (χ3n) is 4.24. The van der Waals surface area contributed by atoms with E-state index in [2.05, 4.69) is 19.2 Å². The number of esters is 1. The van der Waals surface area contributed by atoms with Crippen LogP contribution in [0.4, 0.5) is 0 Å². The number of nitrogens with one attached hydrogen (secondary N) is 1. The minimum Gasteiger partial charge on any atom is -0.465 e. The average Bonchev–Trinajstić information content (AvgIpc) is 2.46. The van der Waals surface area contributed by atoms with Crippen molar-refractivity contribution >= 4 is 5.97 Å². The Morgan fingerprint density at radius 3 is 2.68 bits per heavy atom. The lowest BCUT2D eigenvalue weighted by atomic mass is 9.93. The lowest BCUT2D eigenvalue weighted by molar-refractivity contribution is -0.145. The summed E-state index contributed by atoms with van der Waals surface area (Å²) in [6.45, 7) is 7.23. The molecule has 0 aliphatic carbocycles. The van der Waals surface area contributed by atoms with Gasteiger partial charge < -0.3 is 10.1 Å². The summed E-state index contributed by atoms with van der Waals surface area (Å²) in [5, 5.41) is 3.35. The summed E-state index contributed by atoms with van der Waals surface area (Å²) >= 11 is 0. The molecule has 3 heteroatoms. The van der Waals surface area contributed by atoms with Crippen LogP contribution in [0.25, 0.3) is 0 Å². The van der Waals surface area contributed by atoms with Crippen LogP contribution in [-0.4, -0.2) is 25.7 Å². The van der Waals surface area contributed by atoms with Crippen LogP contribution in [0, 0.1) is 11.8 Å². The molecule has 3 nitrogen and oxygen atoms in total. The number of carbonyl (C=O) groups is 1. The van der Waals surface area contributed by atoms with Gasteiger partial charge in [-0.15, -0.1) is 0 Å². The Balaban J connectivity index is 2.08. The number of rotatable bonds is 9. The normalized spacial score (nSPS) is 18.2. The summed E-state index contributed by atoms with van der Waals surface area (Å²) < 4.78 is 5.43. The molecule has 0 amide bonds. The number of ether oxygens (including phenoxy) is 1.